The lowest BCUT2D eigenvalue weighted by Crippen LogP contribution is -2.03. The number of hydrogen-bond donors (Lipinski definition) is 0. The largest absolute Gasteiger partial charge is 0.489 e. The van der Waals surface area contributed by atoms with Crippen LogP contribution in [0.15, 0.2) is 72.8 Å². The number of para-hydroxylation sites is 1. The Labute approximate surface area is 165 Å². The van der Waals surface area contributed by atoms with Crippen molar-refractivity contribution in [3.8, 4) is 17.2 Å². The quantitative estimate of drug-likeness (QED) is 0.489. The van der Waals surface area contributed by atoms with Crippen LogP contribution in [0.4, 0.5) is 0 Å². The Morgan fingerprint density at radius 3 is 2.39 bits per heavy atom. The van der Waals surface area contributed by atoms with E-state index in [9.17, 15) is 4.79 Å². The van der Waals surface area contributed by atoms with Gasteiger partial charge in [-0.15, -0.1) is 0 Å². The minimum atomic E-state index is -0.197. The Balaban J connectivity index is 1.59. The monoisotopic (exact) mass is 376 g/mol. The number of esters is 1. The number of rotatable bonds is 8. The van der Waals surface area contributed by atoms with Gasteiger partial charge in [0.2, 0.25) is 0 Å². The zero-order valence-electron chi connectivity index (χ0n) is 16.2. The maximum Gasteiger partial charge on any atom is 0.305 e. The molecule has 0 atom stereocenters. The van der Waals surface area contributed by atoms with Gasteiger partial charge in [-0.3, -0.25) is 4.79 Å². The lowest BCUT2D eigenvalue weighted by molar-refractivity contribution is -0.140. The van der Waals surface area contributed by atoms with Crippen molar-refractivity contribution in [3.63, 3.8) is 0 Å². The Bertz CT molecular complexity index is 919. The third-order valence-electron chi connectivity index (χ3n) is 4.42. The summed E-state index contributed by atoms with van der Waals surface area (Å²) in [5, 5.41) is 0. The molecule has 144 valence electrons. The maximum absolute atomic E-state index is 11.3. The second-order valence-electron chi connectivity index (χ2n) is 6.52. The lowest BCUT2D eigenvalue weighted by Gasteiger charge is -2.11. The third kappa shape index (κ3) is 5.61. The van der Waals surface area contributed by atoms with Gasteiger partial charge in [-0.2, -0.15) is 0 Å². The molecule has 0 saturated heterocycles. The fourth-order valence-corrected chi connectivity index (χ4v) is 2.87. The van der Waals surface area contributed by atoms with Crippen molar-refractivity contribution in [3.05, 3.63) is 89.5 Å². The highest BCUT2D eigenvalue weighted by Gasteiger charge is 2.06. The van der Waals surface area contributed by atoms with Crippen LogP contribution in [-0.4, -0.2) is 13.1 Å². The van der Waals surface area contributed by atoms with Gasteiger partial charge in [0.25, 0.3) is 0 Å². The zero-order chi connectivity index (χ0) is 19.8. The summed E-state index contributed by atoms with van der Waals surface area (Å²) in [4.78, 5) is 11.3. The highest BCUT2D eigenvalue weighted by molar-refractivity contribution is 5.69. The molecule has 0 spiro atoms. The molecule has 0 aliphatic heterocycles. The van der Waals surface area contributed by atoms with Gasteiger partial charge in [0.1, 0.15) is 23.9 Å². The summed E-state index contributed by atoms with van der Waals surface area (Å²) in [6.07, 6.45) is 1.05. The van der Waals surface area contributed by atoms with Crippen molar-refractivity contribution in [1.29, 1.82) is 0 Å². The molecule has 0 bridgehead atoms. The number of aryl methyl sites for hydroxylation is 2. The molecule has 0 amide bonds. The van der Waals surface area contributed by atoms with E-state index in [-0.39, 0.29) is 5.97 Å². The predicted octanol–water partition coefficient (Wildman–Crippen LogP) is 5.47. The molecule has 0 aromatic heterocycles. The summed E-state index contributed by atoms with van der Waals surface area (Å²) in [7, 11) is 1.41. The molecule has 0 fully saturated rings. The smallest absolute Gasteiger partial charge is 0.305 e. The van der Waals surface area contributed by atoms with Crippen molar-refractivity contribution >= 4 is 5.97 Å². The Hall–Kier alpha value is -3.27. The highest BCUT2D eigenvalue weighted by atomic mass is 16.5. The first-order valence-corrected chi connectivity index (χ1v) is 9.25. The molecule has 3 rings (SSSR count). The van der Waals surface area contributed by atoms with E-state index in [4.69, 9.17) is 14.2 Å². The third-order valence-corrected chi connectivity index (χ3v) is 4.42. The van der Waals surface area contributed by atoms with Crippen molar-refractivity contribution in [2.75, 3.05) is 7.11 Å². The fraction of sp³-hybridized carbons (Fsp3) is 0.208. The molecule has 4 nitrogen and oxygen atoms in total. The molecule has 0 saturated carbocycles. The summed E-state index contributed by atoms with van der Waals surface area (Å²) in [6.45, 7) is 2.47. The summed E-state index contributed by atoms with van der Waals surface area (Å²) in [5.74, 6) is 2.19. The average molecular weight is 376 g/mol. The van der Waals surface area contributed by atoms with Gasteiger partial charge in [-0.05, 0) is 66.4 Å². The minimum Gasteiger partial charge on any atom is -0.489 e. The van der Waals surface area contributed by atoms with E-state index in [0.29, 0.717) is 19.4 Å². The van der Waals surface area contributed by atoms with Crippen LogP contribution in [0, 0.1) is 6.92 Å². The molecule has 0 radical (unpaired) electrons. The molecule has 0 aliphatic rings. The molecule has 0 heterocycles. The first-order chi connectivity index (χ1) is 13.6. The minimum absolute atomic E-state index is 0.197. The number of methoxy groups -OCH3 is 1. The van der Waals surface area contributed by atoms with Crippen LogP contribution >= 0.6 is 0 Å². The van der Waals surface area contributed by atoms with Gasteiger partial charge in [-0.1, -0.05) is 36.4 Å². The number of carbonyl (C=O) groups is 1. The molecule has 0 N–H and O–H groups in total. The van der Waals surface area contributed by atoms with Crippen LogP contribution in [-0.2, 0) is 22.6 Å². The molecular formula is C24H24O4. The van der Waals surface area contributed by atoms with Crippen LogP contribution in [0.2, 0.25) is 0 Å². The van der Waals surface area contributed by atoms with Crippen LogP contribution in [0.1, 0.15) is 23.1 Å². The summed E-state index contributed by atoms with van der Waals surface area (Å²) in [5.41, 5.74) is 3.25. The van der Waals surface area contributed by atoms with Crippen LogP contribution in [0.3, 0.4) is 0 Å². The van der Waals surface area contributed by atoms with Gasteiger partial charge >= 0.3 is 5.97 Å². The van der Waals surface area contributed by atoms with Crippen molar-refractivity contribution in [2.45, 2.75) is 26.4 Å². The van der Waals surface area contributed by atoms with Gasteiger partial charge in [0, 0.05) is 6.42 Å². The molecule has 0 unspecified atom stereocenters. The topological polar surface area (TPSA) is 44.8 Å². The van der Waals surface area contributed by atoms with E-state index in [0.717, 1.165) is 33.9 Å². The number of ether oxygens (including phenoxy) is 3. The zero-order valence-corrected chi connectivity index (χ0v) is 16.2. The predicted molar refractivity (Wildman–Crippen MR) is 109 cm³/mol. The summed E-state index contributed by atoms with van der Waals surface area (Å²) in [6, 6.07) is 23.5. The van der Waals surface area contributed by atoms with E-state index in [1.54, 1.807) is 0 Å². The number of carbonyl (C=O) groups excluding carboxylic acids is 1. The van der Waals surface area contributed by atoms with E-state index in [1.165, 1.54) is 7.11 Å². The summed E-state index contributed by atoms with van der Waals surface area (Å²) >= 11 is 0. The number of benzene rings is 3. The van der Waals surface area contributed by atoms with Crippen LogP contribution in [0.25, 0.3) is 0 Å². The van der Waals surface area contributed by atoms with Gasteiger partial charge in [-0.25, -0.2) is 0 Å². The van der Waals surface area contributed by atoms with Crippen molar-refractivity contribution in [2.24, 2.45) is 0 Å². The van der Waals surface area contributed by atoms with Crippen LogP contribution in [0.5, 0.6) is 17.2 Å². The first kappa shape index (κ1) is 19.5. The Morgan fingerprint density at radius 1 is 0.857 bits per heavy atom. The lowest BCUT2D eigenvalue weighted by atomic mass is 10.0. The van der Waals surface area contributed by atoms with Gasteiger partial charge in [0.05, 0.1) is 7.11 Å². The molecular weight excluding hydrogens is 352 g/mol. The van der Waals surface area contributed by atoms with E-state index in [2.05, 4.69) is 0 Å². The molecule has 28 heavy (non-hydrogen) atoms. The maximum atomic E-state index is 11.3. The normalized spacial score (nSPS) is 10.4. The first-order valence-electron chi connectivity index (χ1n) is 9.25. The second kappa shape index (κ2) is 9.60. The average Bonchev–Trinajstić information content (AvgIpc) is 2.72. The molecule has 3 aromatic carbocycles. The second-order valence-corrected chi connectivity index (χ2v) is 6.52. The molecule has 0 aliphatic carbocycles. The van der Waals surface area contributed by atoms with Crippen molar-refractivity contribution in [1.82, 2.24) is 0 Å². The standard InChI is InChI=1S/C24H24O4/c1-18-15-22(13-11-20(18)12-14-24(25)26-2)27-17-19-7-6-10-23(16-19)28-21-8-4-3-5-9-21/h3-11,13,15-16H,12,14,17H2,1-2H3. The Morgan fingerprint density at radius 2 is 1.64 bits per heavy atom. The number of hydrogen-bond acceptors (Lipinski definition) is 4. The highest BCUT2D eigenvalue weighted by Crippen LogP contribution is 2.23. The van der Waals surface area contributed by atoms with E-state index in [1.807, 2.05) is 79.7 Å². The van der Waals surface area contributed by atoms with Crippen molar-refractivity contribution < 1.29 is 19.0 Å². The van der Waals surface area contributed by atoms with E-state index < -0.39 is 0 Å². The molecule has 4 heteroatoms. The molecule has 3 aromatic rings. The summed E-state index contributed by atoms with van der Waals surface area (Å²) < 4.78 is 16.5. The van der Waals surface area contributed by atoms with Gasteiger partial charge < -0.3 is 14.2 Å². The van der Waals surface area contributed by atoms with Gasteiger partial charge in [0.15, 0.2) is 0 Å². The van der Waals surface area contributed by atoms with E-state index >= 15 is 0 Å². The Kier molecular flexibility index (Phi) is 6.68. The SMILES string of the molecule is COC(=O)CCc1ccc(OCc2cccc(Oc3ccccc3)c2)cc1C. The van der Waals surface area contributed by atoms with Crippen LogP contribution < -0.4 is 9.47 Å². The fourth-order valence-electron chi connectivity index (χ4n) is 2.87.